The van der Waals surface area contributed by atoms with Crippen molar-refractivity contribution in [3.05, 3.63) is 18.6 Å². The molecule has 2 aliphatic heterocycles. The number of nitrogens with zero attached hydrogens (tertiary/aromatic N) is 4. The lowest BCUT2D eigenvalue weighted by Gasteiger charge is -2.45. The summed E-state index contributed by atoms with van der Waals surface area (Å²) in [4.78, 5) is 43.4. The number of carboxylic acids is 2. The normalized spacial score (nSPS) is 24.5. The fourth-order valence-corrected chi connectivity index (χ4v) is 3.95. The van der Waals surface area contributed by atoms with Gasteiger partial charge in [-0.25, -0.2) is 14.6 Å². The second kappa shape index (κ2) is 10.2. The lowest BCUT2D eigenvalue weighted by atomic mass is 9.77. The molecule has 0 radical (unpaired) electrons. The molecule has 1 saturated carbocycles. The zero-order chi connectivity index (χ0) is 23.2. The lowest BCUT2D eigenvalue weighted by Crippen LogP contribution is -2.60. The van der Waals surface area contributed by atoms with Crippen molar-refractivity contribution in [1.82, 2.24) is 14.9 Å². The van der Waals surface area contributed by atoms with E-state index < -0.39 is 23.1 Å². The lowest BCUT2D eigenvalue weighted by molar-refractivity contribution is -0.163. The number of anilines is 1. The number of aliphatic carboxylic acids is 2. The smallest absolute Gasteiger partial charge is 0.414 e. The molecule has 3 fully saturated rings. The zero-order valence-corrected chi connectivity index (χ0v) is 17.7. The molecule has 12 heteroatoms. The van der Waals surface area contributed by atoms with E-state index in [4.69, 9.17) is 29.3 Å². The van der Waals surface area contributed by atoms with Crippen LogP contribution in [0.25, 0.3) is 0 Å². The van der Waals surface area contributed by atoms with Crippen LogP contribution in [0.2, 0.25) is 0 Å². The third-order valence-corrected chi connectivity index (χ3v) is 5.77. The van der Waals surface area contributed by atoms with Crippen LogP contribution in [0.3, 0.4) is 0 Å². The van der Waals surface area contributed by atoms with Gasteiger partial charge in [0.2, 0.25) is 5.91 Å². The molecule has 3 N–H and O–H groups in total. The average molecular weight is 452 g/mol. The Morgan fingerprint density at radius 1 is 1.06 bits per heavy atom. The number of hydrogen-bond donors (Lipinski definition) is 3. The van der Waals surface area contributed by atoms with E-state index in [0.717, 1.165) is 25.1 Å². The van der Waals surface area contributed by atoms with Crippen molar-refractivity contribution in [2.75, 3.05) is 50.9 Å². The van der Waals surface area contributed by atoms with E-state index in [0.29, 0.717) is 46.0 Å². The van der Waals surface area contributed by atoms with Gasteiger partial charge in [0.25, 0.3) is 0 Å². The molecule has 2 saturated heterocycles. The quantitative estimate of drug-likeness (QED) is 0.501. The van der Waals surface area contributed by atoms with Crippen molar-refractivity contribution >= 4 is 23.7 Å². The minimum absolute atomic E-state index is 0.00479. The number of amides is 1. The third kappa shape index (κ3) is 6.11. The minimum Gasteiger partial charge on any atom is -0.473 e. The summed E-state index contributed by atoms with van der Waals surface area (Å²) in [7, 11) is 0. The van der Waals surface area contributed by atoms with Crippen LogP contribution in [0.1, 0.15) is 25.7 Å². The largest absolute Gasteiger partial charge is 0.473 e. The van der Waals surface area contributed by atoms with Gasteiger partial charge in [-0.05, 0) is 19.3 Å². The Hall–Kier alpha value is -2.83. The van der Waals surface area contributed by atoms with E-state index in [1.54, 1.807) is 18.6 Å². The minimum atomic E-state index is -1.82. The van der Waals surface area contributed by atoms with E-state index in [1.165, 1.54) is 0 Å². The molecule has 32 heavy (non-hydrogen) atoms. The predicted octanol–water partition coefficient (Wildman–Crippen LogP) is -0.628. The van der Waals surface area contributed by atoms with Crippen molar-refractivity contribution < 1.29 is 39.2 Å². The van der Waals surface area contributed by atoms with Gasteiger partial charge in [0.05, 0.1) is 51.1 Å². The average Bonchev–Trinajstić information content (AvgIpc) is 2.96. The Kier molecular flexibility index (Phi) is 7.59. The Labute approximate surface area is 184 Å². The Bertz CT molecular complexity index is 807. The highest BCUT2D eigenvalue weighted by Gasteiger charge is 2.44. The molecule has 0 aromatic carbocycles. The molecule has 1 aromatic rings. The number of hydrogen-bond acceptors (Lipinski definition) is 9. The molecule has 0 bridgehead atoms. The molecule has 12 nitrogen and oxygen atoms in total. The van der Waals surface area contributed by atoms with Gasteiger partial charge in [-0.3, -0.25) is 9.78 Å². The van der Waals surface area contributed by atoms with Crippen LogP contribution in [-0.2, 0) is 23.9 Å². The molecular weight excluding hydrogens is 424 g/mol. The molecule has 3 heterocycles. The Balaban J connectivity index is 0.000000427. The summed E-state index contributed by atoms with van der Waals surface area (Å²) in [6.07, 6.45) is 7.70. The van der Waals surface area contributed by atoms with E-state index in [1.807, 2.05) is 4.90 Å². The van der Waals surface area contributed by atoms with Gasteiger partial charge < -0.3 is 34.6 Å². The van der Waals surface area contributed by atoms with E-state index in [2.05, 4.69) is 14.9 Å². The molecular formula is C20H28N4O8. The highest BCUT2D eigenvalue weighted by Crippen LogP contribution is 2.35. The maximum atomic E-state index is 12.7. The molecule has 4 rings (SSSR count). The van der Waals surface area contributed by atoms with Gasteiger partial charge >= 0.3 is 11.9 Å². The van der Waals surface area contributed by atoms with Crippen LogP contribution >= 0.6 is 0 Å². The van der Waals surface area contributed by atoms with E-state index >= 15 is 0 Å². The number of carbonyl (C=O) groups is 3. The molecule has 176 valence electrons. The zero-order valence-electron chi connectivity index (χ0n) is 17.7. The predicted molar refractivity (Wildman–Crippen MR) is 109 cm³/mol. The Morgan fingerprint density at radius 2 is 1.81 bits per heavy atom. The monoisotopic (exact) mass is 452 g/mol. The molecule has 1 spiro atoms. The molecule has 1 unspecified atom stereocenters. The first-order chi connectivity index (χ1) is 15.2. The standard InChI is InChI=1S/C18H26N4O4.C2H2O4/c23-16(10-17(24)2-1-3-17)22-7-9-26-18(13-22)12-21(6-8-25-14-18)15-11-19-4-5-20-15;3-1(4)2(5)6/h4-5,11,24H,1-3,6-10,12-14H2;(H,3,4)(H,5,6). The van der Waals surface area contributed by atoms with Gasteiger partial charge in [0.15, 0.2) is 0 Å². The number of aromatic nitrogens is 2. The van der Waals surface area contributed by atoms with Crippen LogP contribution in [0, 0.1) is 0 Å². The van der Waals surface area contributed by atoms with Crippen LogP contribution in [0.15, 0.2) is 18.6 Å². The van der Waals surface area contributed by atoms with Crippen molar-refractivity contribution in [2.24, 2.45) is 0 Å². The summed E-state index contributed by atoms with van der Waals surface area (Å²) in [5.41, 5.74) is -1.38. The molecule has 3 aliphatic rings. The fraction of sp³-hybridized carbons (Fsp3) is 0.650. The van der Waals surface area contributed by atoms with Crippen molar-refractivity contribution in [3.63, 3.8) is 0 Å². The van der Waals surface area contributed by atoms with Gasteiger partial charge in [0, 0.05) is 25.5 Å². The summed E-state index contributed by atoms with van der Waals surface area (Å²) >= 11 is 0. The maximum absolute atomic E-state index is 12.7. The van der Waals surface area contributed by atoms with Gasteiger partial charge in [0.1, 0.15) is 11.4 Å². The number of carbonyl (C=O) groups excluding carboxylic acids is 1. The van der Waals surface area contributed by atoms with E-state index in [-0.39, 0.29) is 12.3 Å². The summed E-state index contributed by atoms with van der Waals surface area (Å²) in [6, 6.07) is 0. The Morgan fingerprint density at radius 3 is 2.41 bits per heavy atom. The first-order valence-corrected chi connectivity index (χ1v) is 10.4. The number of aliphatic hydroxyl groups is 1. The van der Waals surface area contributed by atoms with E-state index in [9.17, 15) is 9.90 Å². The second-order valence-corrected chi connectivity index (χ2v) is 8.25. The summed E-state index contributed by atoms with van der Waals surface area (Å²) in [6.45, 7) is 3.83. The highest BCUT2D eigenvalue weighted by atomic mass is 16.5. The van der Waals surface area contributed by atoms with Crippen LogP contribution in [0.5, 0.6) is 0 Å². The van der Waals surface area contributed by atoms with Crippen molar-refractivity contribution in [2.45, 2.75) is 36.9 Å². The van der Waals surface area contributed by atoms with Gasteiger partial charge in [-0.15, -0.1) is 0 Å². The number of ether oxygens (including phenoxy) is 2. The molecule has 1 atom stereocenters. The molecule has 1 amide bonds. The summed E-state index contributed by atoms with van der Waals surface area (Å²) < 4.78 is 11.9. The highest BCUT2D eigenvalue weighted by molar-refractivity contribution is 6.27. The first kappa shape index (κ1) is 23.8. The van der Waals surface area contributed by atoms with Crippen LogP contribution in [0.4, 0.5) is 5.82 Å². The molecule has 1 aliphatic carbocycles. The fourth-order valence-electron chi connectivity index (χ4n) is 3.95. The van der Waals surface area contributed by atoms with Gasteiger partial charge in [-0.1, -0.05) is 0 Å². The SMILES string of the molecule is O=C(CC1(O)CCC1)N1CCOC2(COCCN(c3cnccn3)C2)C1.O=C(O)C(=O)O. The topological polar surface area (TPSA) is 163 Å². The summed E-state index contributed by atoms with van der Waals surface area (Å²) in [5, 5.41) is 25.1. The van der Waals surface area contributed by atoms with Crippen LogP contribution in [-0.4, -0.2) is 105 Å². The maximum Gasteiger partial charge on any atom is 0.414 e. The number of rotatable bonds is 3. The second-order valence-electron chi connectivity index (χ2n) is 8.25. The number of carboxylic acid groups (broad SMARTS) is 2. The first-order valence-electron chi connectivity index (χ1n) is 10.4. The third-order valence-electron chi connectivity index (χ3n) is 5.77. The number of morpholine rings is 1. The van der Waals surface area contributed by atoms with Crippen LogP contribution < -0.4 is 4.90 Å². The van der Waals surface area contributed by atoms with Crippen molar-refractivity contribution in [1.29, 1.82) is 0 Å². The molecule has 1 aromatic heterocycles. The summed E-state index contributed by atoms with van der Waals surface area (Å²) in [5.74, 6) is -2.86. The van der Waals surface area contributed by atoms with Gasteiger partial charge in [-0.2, -0.15) is 0 Å². The van der Waals surface area contributed by atoms with Crippen molar-refractivity contribution in [3.8, 4) is 0 Å².